The number of amides is 3. The van der Waals surface area contributed by atoms with Gasteiger partial charge in [-0.15, -0.1) is 0 Å². The molecular weight excluding hydrogens is 278 g/mol. The van der Waals surface area contributed by atoms with E-state index in [2.05, 4.69) is 5.32 Å². The van der Waals surface area contributed by atoms with Gasteiger partial charge in [0.1, 0.15) is 5.54 Å². The van der Waals surface area contributed by atoms with E-state index < -0.39 is 5.54 Å². The van der Waals surface area contributed by atoms with E-state index >= 15 is 0 Å². The number of nitrogens with two attached hydrogens (primary N) is 1. The molecule has 0 radical (unpaired) electrons. The number of carbonyl (C=O) groups is 2. The Balaban J connectivity index is 2.40. The van der Waals surface area contributed by atoms with Gasteiger partial charge in [-0.2, -0.15) is 0 Å². The summed E-state index contributed by atoms with van der Waals surface area (Å²) in [7, 11) is 0. The van der Waals surface area contributed by atoms with E-state index in [1.165, 1.54) is 4.90 Å². The molecule has 0 aliphatic carbocycles. The molecule has 5 nitrogen and oxygen atoms in total. The van der Waals surface area contributed by atoms with Crippen molar-refractivity contribution in [3.8, 4) is 0 Å². The third-order valence-electron chi connectivity index (χ3n) is 4.65. The van der Waals surface area contributed by atoms with Crippen molar-refractivity contribution in [2.75, 3.05) is 6.54 Å². The van der Waals surface area contributed by atoms with Gasteiger partial charge < -0.3 is 11.1 Å². The molecule has 3 amide bonds. The van der Waals surface area contributed by atoms with Gasteiger partial charge in [0.25, 0.3) is 5.91 Å². The smallest absolute Gasteiger partial charge is 0.325 e. The molecule has 0 aromatic heterocycles. The lowest BCUT2D eigenvalue weighted by Crippen LogP contribution is -2.45. The van der Waals surface area contributed by atoms with Crippen molar-refractivity contribution < 1.29 is 9.59 Å². The molecule has 2 unspecified atom stereocenters. The number of imide groups is 1. The molecule has 1 aromatic rings. The molecule has 0 saturated carbocycles. The zero-order valence-electron chi connectivity index (χ0n) is 13.8. The minimum Gasteiger partial charge on any atom is -0.326 e. The van der Waals surface area contributed by atoms with E-state index in [0.717, 1.165) is 23.1 Å². The van der Waals surface area contributed by atoms with E-state index in [1.54, 1.807) is 0 Å². The Morgan fingerprint density at radius 2 is 1.91 bits per heavy atom. The Kier molecular flexibility index (Phi) is 4.56. The summed E-state index contributed by atoms with van der Waals surface area (Å²) < 4.78 is 0. The molecule has 2 atom stereocenters. The fraction of sp³-hybridized carbons (Fsp3) is 0.529. The molecule has 5 heteroatoms. The van der Waals surface area contributed by atoms with Gasteiger partial charge in [0.2, 0.25) is 0 Å². The molecule has 22 heavy (non-hydrogen) atoms. The van der Waals surface area contributed by atoms with Gasteiger partial charge >= 0.3 is 6.03 Å². The summed E-state index contributed by atoms with van der Waals surface area (Å²) in [4.78, 5) is 26.4. The number of carbonyl (C=O) groups excluding carboxylic acids is 2. The monoisotopic (exact) mass is 303 g/mol. The van der Waals surface area contributed by atoms with Gasteiger partial charge in [0.05, 0.1) is 0 Å². The Morgan fingerprint density at radius 1 is 1.23 bits per heavy atom. The standard InChI is InChI=1S/C17H25N3O2/c1-5-14(18)10-20-15(21)17(6-2,19-16(20)22)13-8-7-11(3)12(4)9-13/h7-9,14H,5-6,10,18H2,1-4H3,(H,19,22). The summed E-state index contributed by atoms with van der Waals surface area (Å²) in [6.07, 6.45) is 1.23. The van der Waals surface area contributed by atoms with Crippen LogP contribution in [0.25, 0.3) is 0 Å². The predicted molar refractivity (Wildman–Crippen MR) is 86.4 cm³/mol. The maximum Gasteiger partial charge on any atom is 0.325 e. The van der Waals surface area contributed by atoms with Gasteiger partial charge in [-0.1, -0.05) is 32.0 Å². The summed E-state index contributed by atoms with van der Waals surface area (Å²) in [5, 5.41) is 2.89. The largest absolute Gasteiger partial charge is 0.326 e. The average molecular weight is 303 g/mol. The zero-order chi connectivity index (χ0) is 16.5. The van der Waals surface area contributed by atoms with Crippen molar-refractivity contribution in [1.82, 2.24) is 10.2 Å². The summed E-state index contributed by atoms with van der Waals surface area (Å²) in [6.45, 7) is 8.15. The van der Waals surface area contributed by atoms with E-state index in [1.807, 2.05) is 45.9 Å². The zero-order valence-corrected chi connectivity index (χ0v) is 13.8. The highest BCUT2D eigenvalue weighted by atomic mass is 16.2. The number of hydrogen-bond donors (Lipinski definition) is 2. The maximum absolute atomic E-state index is 12.9. The van der Waals surface area contributed by atoms with E-state index in [-0.39, 0.29) is 24.5 Å². The molecule has 1 aliphatic heterocycles. The first-order chi connectivity index (χ1) is 10.4. The van der Waals surface area contributed by atoms with Gasteiger partial charge in [-0.05, 0) is 43.4 Å². The molecule has 1 aliphatic rings. The number of hydrogen-bond acceptors (Lipinski definition) is 3. The van der Waals surface area contributed by atoms with Crippen LogP contribution in [0.5, 0.6) is 0 Å². The van der Waals surface area contributed by atoms with Crippen molar-refractivity contribution in [1.29, 1.82) is 0 Å². The van der Waals surface area contributed by atoms with E-state index in [9.17, 15) is 9.59 Å². The van der Waals surface area contributed by atoms with Crippen LogP contribution in [0.4, 0.5) is 4.79 Å². The molecule has 1 saturated heterocycles. The lowest BCUT2D eigenvalue weighted by atomic mass is 9.85. The highest BCUT2D eigenvalue weighted by molar-refractivity contribution is 6.07. The van der Waals surface area contributed by atoms with E-state index in [0.29, 0.717) is 6.42 Å². The minimum atomic E-state index is -0.969. The summed E-state index contributed by atoms with van der Waals surface area (Å²) in [5.41, 5.74) is 8.05. The molecular formula is C17H25N3O2. The lowest BCUT2D eigenvalue weighted by molar-refractivity contribution is -0.132. The number of urea groups is 1. The Hall–Kier alpha value is -1.88. The van der Waals surface area contributed by atoms with Gasteiger partial charge in [-0.3, -0.25) is 9.69 Å². The van der Waals surface area contributed by atoms with Crippen molar-refractivity contribution in [3.63, 3.8) is 0 Å². The van der Waals surface area contributed by atoms with E-state index in [4.69, 9.17) is 5.73 Å². The average Bonchev–Trinajstić information content (AvgIpc) is 2.75. The van der Waals surface area contributed by atoms with Gasteiger partial charge in [0.15, 0.2) is 0 Å². The first kappa shape index (κ1) is 16.5. The maximum atomic E-state index is 12.9. The number of benzene rings is 1. The van der Waals surface area contributed by atoms with Crippen molar-refractivity contribution in [2.24, 2.45) is 5.73 Å². The van der Waals surface area contributed by atoms with Crippen LogP contribution in [-0.4, -0.2) is 29.4 Å². The lowest BCUT2D eigenvalue weighted by Gasteiger charge is -2.27. The van der Waals surface area contributed by atoms with Gasteiger partial charge in [0, 0.05) is 12.6 Å². The van der Waals surface area contributed by atoms with Crippen LogP contribution in [0.1, 0.15) is 43.4 Å². The normalized spacial score (nSPS) is 22.9. The molecule has 2 rings (SSSR count). The van der Waals surface area contributed by atoms with Crippen LogP contribution in [-0.2, 0) is 10.3 Å². The summed E-state index contributed by atoms with van der Waals surface area (Å²) >= 11 is 0. The molecule has 3 N–H and O–H groups in total. The van der Waals surface area contributed by atoms with Gasteiger partial charge in [-0.25, -0.2) is 4.79 Å². The highest BCUT2D eigenvalue weighted by Gasteiger charge is 2.51. The fourth-order valence-corrected chi connectivity index (χ4v) is 2.80. The fourth-order valence-electron chi connectivity index (χ4n) is 2.80. The van der Waals surface area contributed by atoms with Crippen molar-refractivity contribution in [3.05, 3.63) is 34.9 Å². The molecule has 1 aromatic carbocycles. The summed E-state index contributed by atoms with van der Waals surface area (Å²) in [5.74, 6) is -0.202. The highest BCUT2D eigenvalue weighted by Crippen LogP contribution is 2.33. The third-order valence-corrected chi connectivity index (χ3v) is 4.65. The second-order valence-electron chi connectivity index (χ2n) is 6.07. The predicted octanol–water partition coefficient (Wildman–Crippen LogP) is 2.20. The van der Waals surface area contributed by atoms with Crippen LogP contribution >= 0.6 is 0 Å². The molecule has 1 heterocycles. The van der Waals surface area contributed by atoms with Crippen molar-refractivity contribution >= 4 is 11.9 Å². The minimum absolute atomic E-state index is 0.192. The Morgan fingerprint density at radius 3 is 2.45 bits per heavy atom. The second kappa shape index (κ2) is 6.08. The van der Waals surface area contributed by atoms with Crippen LogP contribution in [0.2, 0.25) is 0 Å². The van der Waals surface area contributed by atoms with Crippen LogP contribution < -0.4 is 11.1 Å². The Labute approximate surface area is 131 Å². The topological polar surface area (TPSA) is 75.4 Å². The van der Waals surface area contributed by atoms with Crippen LogP contribution in [0.3, 0.4) is 0 Å². The quantitative estimate of drug-likeness (QED) is 0.819. The molecule has 1 fully saturated rings. The Bertz CT molecular complexity index is 600. The molecule has 0 spiro atoms. The first-order valence-corrected chi connectivity index (χ1v) is 7.83. The molecule has 0 bridgehead atoms. The van der Waals surface area contributed by atoms with Crippen LogP contribution in [0.15, 0.2) is 18.2 Å². The number of nitrogens with one attached hydrogen (secondary N) is 1. The molecule has 120 valence electrons. The SMILES string of the molecule is CCC(N)CN1C(=O)NC(CC)(c2ccc(C)c(C)c2)C1=O. The number of aryl methyl sites for hydroxylation is 2. The number of nitrogens with zero attached hydrogens (tertiary/aromatic N) is 1. The summed E-state index contributed by atoms with van der Waals surface area (Å²) in [6, 6.07) is 5.35. The van der Waals surface area contributed by atoms with Crippen molar-refractivity contribution in [2.45, 2.75) is 52.1 Å². The van der Waals surface area contributed by atoms with Crippen LogP contribution in [0, 0.1) is 13.8 Å². The number of rotatable bonds is 5. The first-order valence-electron chi connectivity index (χ1n) is 7.83. The third kappa shape index (κ3) is 2.61. The second-order valence-corrected chi connectivity index (χ2v) is 6.07.